The van der Waals surface area contributed by atoms with Crippen LogP contribution in [0.4, 0.5) is 5.69 Å². The number of rotatable bonds is 5. The van der Waals surface area contributed by atoms with E-state index in [-0.39, 0.29) is 13.0 Å². The Morgan fingerprint density at radius 1 is 1.17 bits per heavy atom. The summed E-state index contributed by atoms with van der Waals surface area (Å²) in [6.07, 6.45) is 1.75. The summed E-state index contributed by atoms with van der Waals surface area (Å²) in [5.74, 6) is -0.964. The smallest absolute Gasteiger partial charge is 0.313 e. The number of hydrogen-bond donors (Lipinski definition) is 3. The lowest BCUT2D eigenvalue weighted by atomic mass is 10.0. The first-order valence-electron chi connectivity index (χ1n) is 7.68. The van der Waals surface area contributed by atoms with Gasteiger partial charge in [0.1, 0.15) is 5.76 Å². The Balaban J connectivity index is 1.87. The number of anilines is 1. The van der Waals surface area contributed by atoms with Crippen LogP contribution in [0.1, 0.15) is 23.8 Å². The fourth-order valence-electron chi connectivity index (χ4n) is 2.21. The Morgan fingerprint density at radius 2 is 1.92 bits per heavy atom. The standard InChI is InChI=1S/C18H22N2O4/c1-12-6-7-14(9-13(12)2)20-17(22)16(21)19-11-18(3,23)10-15-5-4-8-24-15/h4-9,23H,10-11H2,1-3H3,(H,19,21)(H,20,22)/t18-/m0/s1. The van der Waals surface area contributed by atoms with Crippen LogP contribution in [0.5, 0.6) is 0 Å². The molecule has 6 heteroatoms. The highest BCUT2D eigenvalue weighted by Crippen LogP contribution is 2.14. The number of aryl methyl sites for hydroxylation is 2. The van der Waals surface area contributed by atoms with Crippen molar-refractivity contribution in [3.05, 3.63) is 53.5 Å². The predicted octanol–water partition coefficient (Wildman–Crippen LogP) is 1.94. The van der Waals surface area contributed by atoms with Crippen molar-refractivity contribution in [3.8, 4) is 0 Å². The number of benzene rings is 1. The van der Waals surface area contributed by atoms with Crippen LogP contribution in [0, 0.1) is 13.8 Å². The molecule has 0 bridgehead atoms. The van der Waals surface area contributed by atoms with E-state index in [1.165, 1.54) is 6.26 Å². The number of amides is 2. The maximum atomic E-state index is 11.9. The van der Waals surface area contributed by atoms with Crippen LogP contribution < -0.4 is 10.6 Å². The number of nitrogens with one attached hydrogen (secondary N) is 2. The van der Waals surface area contributed by atoms with Gasteiger partial charge in [-0.1, -0.05) is 6.07 Å². The number of furan rings is 1. The van der Waals surface area contributed by atoms with Crippen molar-refractivity contribution < 1.29 is 19.1 Å². The third-order valence-electron chi connectivity index (χ3n) is 3.74. The molecule has 1 atom stereocenters. The van der Waals surface area contributed by atoms with Gasteiger partial charge in [-0.3, -0.25) is 9.59 Å². The zero-order chi connectivity index (χ0) is 17.7. The molecule has 6 nitrogen and oxygen atoms in total. The van der Waals surface area contributed by atoms with E-state index < -0.39 is 17.4 Å². The fourth-order valence-corrected chi connectivity index (χ4v) is 2.21. The highest BCUT2D eigenvalue weighted by molar-refractivity contribution is 6.39. The van der Waals surface area contributed by atoms with Crippen LogP contribution in [0.2, 0.25) is 0 Å². The molecule has 2 aromatic rings. The third-order valence-corrected chi connectivity index (χ3v) is 3.74. The summed E-state index contributed by atoms with van der Waals surface area (Å²) in [4.78, 5) is 23.8. The summed E-state index contributed by atoms with van der Waals surface area (Å²) >= 11 is 0. The van der Waals surface area contributed by atoms with Gasteiger partial charge in [0.25, 0.3) is 0 Å². The van der Waals surface area contributed by atoms with Gasteiger partial charge < -0.3 is 20.2 Å². The number of aliphatic hydroxyl groups is 1. The van der Waals surface area contributed by atoms with Crippen LogP contribution in [0.15, 0.2) is 41.0 Å². The Hall–Kier alpha value is -2.60. The number of carbonyl (C=O) groups is 2. The quantitative estimate of drug-likeness (QED) is 0.731. The van der Waals surface area contributed by atoms with Gasteiger partial charge in [-0.25, -0.2) is 0 Å². The Kier molecular flexibility index (Phi) is 5.41. The average molecular weight is 330 g/mol. The molecule has 0 saturated heterocycles. The molecule has 0 fully saturated rings. The summed E-state index contributed by atoms with van der Waals surface area (Å²) in [5, 5.41) is 15.2. The summed E-state index contributed by atoms with van der Waals surface area (Å²) in [6.45, 7) is 5.40. The van der Waals surface area contributed by atoms with E-state index in [4.69, 9.17) is 4.42 Å². The van der Waals surface area contributed by atoms with Gasteiger partial charge in [0.05, 0.1) is 11.9 Å². The van der Waals surface area contributed by atoms with Gasteiger partial charge in [-0.15, -0.1) is 0 Å². The molecule has 3 N–H and O–H groups in total. The highest BCUT2D eigenvalue weighted by Gasteiger charge is 2.25. The molecule has 0 aliphatic heterocycles. The van der Waals surface area contributed by atoms with Crippen molar-refractivity contribution in [2.45, 2.75) is 32.8 Å². The first kappa shape index (κ1) is 17.7. The van der Waals surface area contributed by atoms with E-state index in [9.17, 15) is 14.7 Å². The third kappa shape index (κ3) is 4.96. The predicted molar refractivity (Wildman–Crippen MR) is 90.6 cm³/mol. The van der Waals surface area contributed by atoms with E-state index >= 15 is 0 Å². The molecule has 0 spiro atoms. The molecule has 2 rings (SSSR count). The zero-order valence-corrected chi connectivity index (χ0v) is 14.1. The average Bonchev–Trinajstić information content (AvgIpc) is 3.00. The second-order valence-electron chi connectivity index (χ2n) is 6.19. The number of hydrogen-bond acceptors (Lipinski definition) is 4. The van der Waals surface area contributed by atoms with Crippen LogP contribution in [-0.4, -0.2) is 29.1 Å². The summed E-state index contributed by atoms with van der Waals surface area (Å²) in [7, 11) is 0. The first-order chi connectivity index (χ1) is 11.3. The van der Waals surface area contributed by atoms with Crippen molar-refractivity contribution >= 4 is 17.5 Å². The molecular weight excluding hydrogens is 308 g/mol. The molecule has 2 amide bonds. The largest absolute Gasteiger partial charge is 0.469 e. The maximum Gasteiger partial charge on any atom is 0.313 e. The lowest BCUT2D eigenvalue weighted by Crippen LogP contribution is -2.45. The first-order valence-corrected chi connectivity index (χ1v) is 7.68. The molecule has 1 heterocycles. The van der Waals surface area contributed by atoms with Gasteiger partial charge >= 0.3 is 11.8 Å². The molecule has 0 saturated carbocycles. The molecule has 0 aliphatic carbocycles. The number of carbonyl (C=O) groups excluding carboxylic acids is 2. The summed E-state index contributed by atoms with van der Waals surface area (Å²) in [6, 6.07) is 8.87. The Labute approximate surface area is 140 Å². The molecule has 1 aromatic carbocycles. The second-order valence-corrected chi connectivity index (χ2v) is 6.19. The molecule has 1 aromatic heterocycles. The molecule has 0 unspecified atom stereocenters. The monoisotopic (exact) mass is 330 g/mol. The van der Waals surface area contributed by atoms with Crippen molar-refractivity contribution in [3.63, 3.8) is 0 Å². The molecule has 0 aliphatic rings. The van der Waals surface area contributed by atoms with Gasteiger partial charge in [-0.2, -0.15) is 0 Å². The Morgan fingerprint density at radius 3 is 2.54 bits per heavy atom. The van der Waals surface area contributed by atoms with E-state index in [0.717, 1.165) is 11.1 Å². The molecule has 24 heavy (non-hydrogen) atoms. The van der Waals surface area contributed by atoms with Crippen molar-refractivity contribution in [2.75, 3.05) is 11.9 Å². The highest BCUT2D eigenvalue weighted by atomic mass is 16.3. The van der Waals surface area contributed by atoms with Crippen molar-refractivity contribution in [2.24, 2.45) is 0 Å². The summed E-state index contributed by atoms with van der Waals surface area (Å²) in [5.41, 5.74) is 1.47. The topological polar surface area (TPSA) is 91.6 Å². The Bertz CT molecular complexity index is 721. The van der Waals surface area contributed by atoms with E-state index in [1.807, 2.05) is 19.9 Å². The van der Waals surface area contributed by atoms with Gasteiger partial charge in [0, 0.05) is 18.7 Å². The molecule has 128 valence electrons. The molecular formula is C18H22N2O4. The van der Waals surface area contributed by atoms with Crippen LogP contribution in [0.25, 0.3) is 0 Å². The minimum atomic E-state index is -1.21. The van der Waals surface area contributed by atoms with Gasteiger partial charge in [0.2, 0.25) is 0 Å². The van der Waals surface area contributed by atoms with Gasteiger partial charge in [0.15, 0.2) is 0 Å². The lowest BCUT2D eigenvalue weighted by molar-refractivity contribution is -0.136. The van der Waals surface area contributed by atoms with Crippen LogP contribution in [-0.2, 0) is 16.0 Å². The van der Waals surface area contributed by atoms with Crippen molar-refractivity contribution in [1.29, 1.82) is 0 Å². The van der Waals surface area contributed by atoms with Crippen LogP contribution >= 0.6 is 0 Å². The van der Waals surface area contributed by atoms with Gasteiger partial charge in [-0.05, 0) is 56.2 Å². The normalized spacial score (nSPS) is 13.2. The fraction of sp³-hybridized carbons (Fsp3) is 0.333. The van der Waals surface area contributed by atoms with E-state index in [1.54, 1.807) is 31.2 Å². The van der Waals surface area contributed by atoms with Crippen molar-refractivity contribution in [1.82, 2.24) is 5.32 Å². The minimum absolute atomic E-state index is 0.0626. The maximum absolute atomic E-state index is 11.9. The van der Waals surface area contributed by atoms with Crippen LogP contribution in [0.3, 0.4) is 0 Å². The lowest BCUT2D eigenvalue weighted by Gasteiger charge is -2.22. The SMILES string of the molecule is Cc1ccc(NC(=O)C(=O)NC[C@@](C)(O)Cc2ccco2)cc1C. The second kappa shape index (κ2) is 7.31. The zero-order valence-electron chi connectivity index (χ0n) is 14.1. The minimum Gasteiger partial charge on any atom is -0.469 e. The summed E-state index contributed by atoms with van der Waals surface area (Å²) < 4.78 is 5.17. The van der Waals surface area contributed by atoms with E-state index in [0.29, 0.717) is 11.4 Å². The van der Waals surface area contributed by atoms with E-state index in [2.05, 4.69) is 10.6 Å². The molecule has 0 radical (unpaired) electrons.